The molecule has 3 nitrogen and oxygen atoms in total. The summed E-state index contributed by atoms with van der Waals surface area (Å²) in [6.45, 7) is 0. The predicted octanol–water partition coefficient (Wildman–Crippen LogP) is 2.83. The molecule has 0 radical (unpaired) electrons. The van der Waals surface area contributed by atoms with Crippen LogP contribution >= 0.6 is 0 Å². The van der Waals surface area contributed by atoms with Crippen molar-refractivity contribution in [1.29, 1.82) is 0 Å². The van der Waals surface area contributed by atoms with E-state index in [1.807, 2.05) is 12.1 Å². The molecule has 1 saturated carbocycles. The molecule has 2 aromatic heterocycles. The van der Waals surface area contributed by atoms with Crippen LogP contribution < -0.4 is 5.56 Å². The molecule has 0 atom stereocenters. The molecule has 0 bridgehead atoms. The molecule has 2 heterocycles. The van der Waals surface area contributed by atoms with Gasteiger partial charge in [0.05, 0.1) is 0 Å². The smallest absolute Gasteiger partial charge is 0.272 e. The summed E-state index contributed by atoms with van der Waals surface area (Å²) in [6.07, 6.45) is 10.1. The zero-order valence-electron chi connectivity index (χ0n) is 9.28. The maximum atomic E-state index is 11.8. The van der Waals surface area contributed by atoms with E-state index in [1.54, 1.807) is 6.20 Å². The van der Waals surface area contributed by atoms with Gasteiger partial charge in [0, 0.05) is 23.8 Å². The first-order valence-corrected chi connectivity index (χ1v) is 6.04. The van der Waals surface area contributed by atoms with E-state index in [-0.39, 0.29) is 5.56 Å². The van der Waals surface area contributed by atoms with Crippen LogP contribution in [0.4, 0.5) is 0 Å². The Morgan fingerprint density at radius 2 is 2.00 bits per heavy atom. The van der Waals surface area contributed by atoms with Crippen LogP contribution in [0, 0.1) is 0 Å². The molecule has 0 aliphatic heterocycles. The van der Waals surface area contributed by atoms with Crippen LogP contribution in [0.2, 0.25) is 0 Å². The van der Waals surface area contributed by atoms with Crippen LogP contribution in [0.5, 0.6) is 0 Å². The average molecular weight is 216 g/mol. The normalized spacial score (nSPS) is 18.0. The largest absolute Gasteiger partial charge is 0.340 e. The molecule has 0 unspecified atom stereocenters. The van der Waals surface area contributed by atoms with Gasteiger partial charge in [0.15, 0.2) is 0 Å². The lowest BCUT2D eigenvalue weighted by molar-refractivity contribution is 0.360. The van der Waals surface area contributed by atoms with Crippen molar-refractivity contribution < 1.29 is 0 Å². The zero-order chi connectivity index (χ0) is 11.0. The highest BCUT2D eigenvalue weighted by Gasteiger charge is 2.17. The number of nitrogens with one attached hydrogen (secondary N) is 1. The quantitative estimate of drug-likeness (QED) is 0.782. The van der Waals surface area contributed by atoms with Gasteiger partial charge in [0.1, 0.15) is 5.52 Å². The van der Waals surface area contributed by atoms with Crippen molar-refractivity contribution in [2.24, 2.45) is 0 Å². The summed E-state index contributed by atoms with van der Waals surface area (Å²) in [5.74, 6) is 0. The van der Waals surface area contributed by atoms with Crippen LogP contribution in [0.3, 0.4) is 0 Å². The number of aromatic amines is 1. The Labute approximate surface area is 94.1 Å². The molecule has 0 saturated heterocycles. The van der Waals surface area contributed by atoms with Gasteiger partial charge < -0.3 is 9.55 Å². The molecule has 1 aliphatic carbocycles. The second kappa shape index (κ2) is 3.81. The molecule has 1 fully saturated rings. The van der Waals surface area contributed by atoms with Gasteiger partial charge in [-0.05, 0) is 25.0 Å². The van der Waals surface area contributed by atoms with Crippen LogP contribution in [0.1, 0.15) is 38.1 Å². The Bertz CT molecular complexity index is 546. The zero-order valence-corrected chi connectivity index (χ0v) is 9.28. The van der Waals surface area contributed by atoms with E-state index in [2.05, 4.69) is 15.7 Å². The minimum Gasteiger partial charge on any atom is -0.340 e. The Morgan fingerprint density at radius 1 is 1.19 bits per heavy atom. The molecule has 3 rings (SSSR count). The molecule has 0 aromatic carbocycles. The molecule has 1 aliphatic rings. The lowest BCUT2D eigenvalue weighted by Gasteiger charge is -2.23. The molecular formula is C13H16N2O. The third kappa shape index (κ3) is 1.47. The van der Waals surface area contributed by atoms with Crippen molar-refractivity contribution in [3.63, 3.8) is 0 Å². The summed E-state index contributed by atoms with van der Waals surface area (Å²) < 4.78 is 2.17. The minimum absolute atomic E-state index is 0.0353. The third-order valence-corrected chi connectivity index (χ3v) is 3.61. The maximum absolute atomic E-state index is 11.8. The molecule has 16 heavy (non-hydrogen) atoms. The highest BCUT2D eigenvalue weighted by molar-refractivity contribution is 5.78. The first kappa shape index (κ1) is 9.70. The first-order chi connectivity index (χ1) is 7.86. The minimum atomic E-state index is 0.0353. The standard InChI is InChI=1S/C13H16N2O/c16-13-12-10(6-8-14-13)7-9-15(12)11-4-2-1-3-5-11/h6-9,11H,1-5H2,(H,14,16). The number of hydrogen-bond acceptors (Lipinski definition) is 1. The van der Waals surface area contributed by atoms with E-state index in [0.717, 1.165) is 10.9 Å². The van der Waals surface area contributed by atoms with Gasteiger partial charge >= 0.3 is 0 Å². The summed E-state index contributed by atoms with van der Waals surface area (Å²) in [5.41, 5.74) is 0.877. The molecular weight excluding hydrogens is 200 g/mol. The molecule has 0 amide bonds. The Hall–Kier alpha value is -1.51. The highest BCUT2D eigenvalue weighted by atomic mass is 16.1. The number of fused-ring (bicyclic) bond motifs is 1. The summed E-state index contributed by atoms with van der Waals surface area (Å²) in [5, 5.41) is 1.05. The van der Waals surface area contributed by atoms with E-state index in [9.17, 15) is 4.79 Å². The van der Waals surface area contributed by atoms with Gasteiger partial charge in [-0.15, -0.1) is 0 Å². The summed E-state index contributed by atoms with van der Waals surface area (Å²) in [6, 6.07) is 4.53. The van der Waals surface area contributed by atoms with Crippen LogP contribution in [0.25, 0.3) is 10.9 Å². The molecule has 1 N–H and O–H groups in total. The monoisotopic (exact) mass is 216 g/mol. The predicted molar refractivity (Wildman–Crippen MR) is 64.7 cm³/mol. The van der Waals surface area contributed by atoms with Crippen LogP contribution in [0.15, 0.2) is 29.3 Å². The second-order valence-electron chi connectivity index (χ2n) is 4.63. The fraction of sp³-hybridized carbons (Fsp3) is 0.462. The number of H-pyrrole nitrogens is 1. The van der Waals surface area contributed by atoms with E-state index in [4.69, 9.17) is 0 Å². The Balaban J connectivity index is 2.12. The number of aromatic nitrogens is 2. The van der Waals surface area contributed by atoms with Crippen molar-refractivity contribution in [2.75, 3.05) is 0 Å². The van der Waals surface area contributed by atoms with E-state index in [1.165, 1.54) is 32.1 Å². The van der Waals surface area contributed by atoms with E-state index >= 15 is 0 Å². The maximum Gasteiger partial charge on any atom is 0.272 e. The van der Waals surface area contributed by atoms with Crippen molar-refractivity contribution in [3.8, 4) is 0 Å². The number of rotatable bonds is 1. The number of nitrogens with zero attached hydrogens (tertiary/aromatic N) is 1. The second-order valence-corrected chi connectivity index (χ2v) is 4.63. The van der Waals surface area contributed by atoms with Crippen molar-refractivity contribution in [1.82, 2.24) is 9.55 Å². The van der Waals surface area contributed by atoms with Gasteiger partial charge in [0.2, 0.25) is 0 Å². The number of pyridine rings is 1. The molecule has 84 valence electrons. The van der Waals surface area contributed by atoms with E-state index in [0.29, 0.717) is 6.04 Å². The van der Waals surface area contributed by atoms with Gasteiger partial charge in [-0.2, -0.15) is 0 Å². The molecule has 0 spiro atoms. The lowest BCUT2D eigenvalue weighted by atomic mass is 9.95. The molecule has 3 heteroatoms. The summed E-state index contributed by atoms with van der Waals surface area (Å²) >= 11 is 0. The Kier molecular flexibility index (Phi) is 2.31. The lowest BCUT2D eigenvalue weighted by Crippen LogP contribution is -2.16. The van der Waals surface area contributed by atoms with Gasteiger partial charge in [0.25, 0.3) is 5.56 Å². The number of hydrogen-bond donors (Lipinski definition) is 1. The topological polar surface area (TPSA) is 37.8 Å². The third-order valence-electron chi connectivity index (χ3n) is 3.61. The SMILES string of the molecule is O=c1[nH]ccc2ccn(C3CCCCC3)c12. The van der Waals surface area contributed by atoms with E-state index < -0.39 is 0 Å². The molecule has 2 aromatic rings. The highest BCUT2D eigenvalue weighted by Crippen LogP contribution is 2.30. The fourth-order valence-electron chi connectivity index (χ4n) is 2.78. The van der Waals surface area contributed by atoms with Gasteiger partial charge in [-0.1, -0.05) is 19.3 Å². The van der Waals surface area contributed by atoms with Gasteiger partial charge in [-0.3, -0.25) is 4.79 Å². The van der Waals surface area contributed by atoms with Crippen molar-refractivity contribution in [3.05, 3.63) is 34.9 Å². The summed E-state index contributed by atoms with van der Waals surface area (Å²) in [4.78, 5) is 14.6. The van der Waals surface area contributed by atoms with Gasteiger partial charge in [-0.25, -0.2) is 0 Å². The van der Waals surface area contributed by atoms with Crippen LogP contribution in [-0.2, 0) is 0 Å². The Morgan fingerprint density at radius 3 is 2.81 bits per heavy atom. The summed E-state index contributed by atoms with van der Waals surface area (Å²) in [7, 11) is 0. The van der Waals surface area contributed by atoms with Crippen molar-refractivity contribution in [2.45, 2.75) is 38.1 Å². The first-order valence-electron chi connectivity index (χ1n) is 6.04. The average Bonchev–Trinajstić information content (AvgIpc) is 2.75. The van der Waals surface area contributed by atoms with Crippen molar-refractivity contribution >= 4 is 10.9 Å². The fourth-order valence-corrected chi connectivity index (χ4v) is 2.78. The van der Waals surface area contributed by atoms with Crippen LogP contribution in [-0.4, -0.2) is 9.55 Å².